The van der Waals surface area contributed by atoms with E-state index in [-0.39, 0.29) is 11.3 Å². The Morgan fingerprint density at radius 2 is 2.07 bits per heavy atom. The molecule has 1 aromatic rings. The third kappa shape index (κ3) is 3.92. The molecule has 0 spiro atoms. The molecule has 0 N–H and O–H groups in total. The first-order chi connectivity index (χ1) is 6.51. The van der Waals surface area contributed by atoms with Crippen molar-refractivity contribution in [1.82, 2.24) is 0 Å². The van der Waals surface area contributed by atoms with E-state index in [2.05, 4.69) is 32.0 Å². The second-order valence-electron chi connectivity index (χ2n) is 4.15. The Hall–Kier alpha value is -0.830. The van der Waals surface area contributed by atoms with Gasteiger partial charge in [-0.25, -0.2) is 0 Å². The summed E-state index contributed by atoms with van der Waals surface area (Å²) in [6, 6.07) is 7.98. The van der Waals surface area contributed by atoms with E-state index in [0.717, 1.165) is 5.56 Å². The normalized spacial score (nSPS) is 11.4. The standard InChI is InChI=1S/C11H15NOS/c1-11(2,3)14-10-6-4-5-9(7-10)8-12-13/h4-7H,8H2,1-3H3. The van der Waals surface area contributed by atoms with Crippen molar-refractivity contribution < 1.29 is 0 Å². The van der Waals surface area contributed by atoms with E-state index >= 15 is 0 Å². The lowest BCUT2D eigenvalue weighted by atomic mass is 10.2. The Morgan fingerprint density at radius 1 is 1.36 bits per heavy atom. The topological polar surface area (TPSA) is 29.4 Å². The van der Waals surface area contributed by atoms with Crippen LogP contribution in [0.25, 0.3) is 0 Å². The molecule has 0 unspecified atom stereocenters. The van der Waals surface area contributed by atoms with Crippen LogP contribution < -0.4 is 0 Å². The number of thioether (sulfide) groups is 1. The van der Waals surface area contributed by atoms with Gasteiger partial charge in [-0.3, -0.25) is 0 Å². The van der Waals surface area contributed by atoms with Gasteiger partial charge < -0.3 is 0 Å². The number of hydrogen-bond donors (Lipinski definition) is 0. The first-order valence-electron chi connectivity index (χ1n) is 4.58. The van der Waals surface area contributed by atoms with Crippen LogP contribution in [-0.2, 0) is 6.54 Å². The highest BCUT2D eigenvalue weighted by Gasteiger charge is 2.11. The monoisotopic (exact) mass is 209 g/mol. The van der Waals surface area contributed by atoms with Crippen LogP contribution in [-0.4, -0.2) is 4.75 Å². The maximum atomic E-state index is 10.1. The zero-order valence-corrected chi connectivity index (χ0v) is 9.60. The zero-order chi connectivity index (χ0) is 10.6. The van der Waals surface area contributed by atoms with Crippen molar-refractivity contribution in [2.45, 2.75) is 37.0 Å². The smallest absolute Gasteiger partial charge is 0.106 e. The minimum atomic E-state index is 0.202. The Balaban J connectivity index is 2.78. The molecule has 0 heterocycles. The maximum Gasteiger partial charge on any atom is 0.106 e. The predicted molar refractivity (Wildman–Crippen MR) is 61.6 cm³/mol. The fourth-order valence-electron chi connectivity index (χ4n) is 1.14. The molecule has 0 aliphatic rings. The molecule has 14 heavy (non-hydrogen) atoms. The summed E-state index contributed by atoms with van der Waals surface area (Å²) in [7, 11) is 0. The van der Waals surface area contributed by atoms with Crippen molar-refractivity contribution in [2.75, 3.05) is 0 Å². The third-order valence-corrected chi connectivity index (χ3v) is 2.67. The summed E-state index contributed by atoms with van der Waals surface area (Å²) in [6.45, 7) is 6.77. The van der Waals surface area contributed by atoms with Crippen molar-refractivity contribution in [3.8, 4) is 0 Å². The Kier molecular flexibility index (Phi) is 3.69. The van der Waals surface area contributed by atoms with Crippen LogP contribution >= 0.6 is 11.8 Å². The minimum Gasteiger partial charge on any atom is -0.150 e. The van der Waals surface area contributed by atoms with Crippen LogP contribution in [0, 0.1) is 4.91 Å². The van der Waals surface area contributed by atoms with Gasteiger partial charge in [-0.1, -0.05) is 38.1 Å². The molecule has 0 aromatic heterocycles. The van der Waals surface area contributed by atoms with E-state index in [4.69, 9.17) is 0 Å². The number of benzene rings is 1. The summed E-state index contributed by atoms with van der Waals surface area (Å²) in [5.41, 5.74) is 0.981. The SMILES string of the molecule is CC(C)(C)Sc1cccc(CN=O)c1. The highest BCUT2D eigenvalue weighted by Crippen LogP contribution is 2.32. The van der Waals surface area contributed by atoms with Gasteiger partial charge in [0.2, 0.25) is 0 Å². The molecule has 0 aliphatic heterocycles. The quantitative estimate of drug-likeness (QED) is 0.559. The van der Waals surface area contributed by atoms with Gasteiger partial charge >= 0.3 is 0 Å². The second-order valence-corrected chi connectivity index (χ2v) is 6.05. The number of nitroso groups, excluding NO2 is 1. The van der Waals surface area contributed by atoms with E-state index in [1.807, 2.05) is 18.2 Å². The van der Waals surface area contributed by atoms with Crippen molar-refractivity contribution >= 4 is 11.8 Å². The first kappa shape index (κ1) is 11.2. The van der Waals surface area contributed by atoms with Crippen molar-refractivity contribution in [3.05, 3.63) is 34.7 Å². The molecule has 1 rings (SSSR count). The predicted octanol–water partition coefficient (Wildman–Crippen LogP) is 3.84. The van der Waals surface area contributed by atoms with E-state index in [1.165, 1.54) is 4.90 Å². The molecule has 0 saturated carbocycles. The van der Waals surface area contributed by atoms with Gasteiger partial charge in [-0.05, 0) is 17.7 Å². The number of rotatable bonds is 3. The molecular formula is C11H15NOS. The van der Waals surface area contributed by atoms with E-state index in [9.17, 15) is 4.91 Å². The van der Waals surface area contributed by atoms with Gasteiger partial charge in [0, 0.05) is 9.64 Å². The highest BCUT2D eigenvalue weighted by molar-refractivity contribution is 8.00. The zero-order valence-electron chi connectivity index (χ0n) is 8.78. The lowest BCUT2D eigenvalue weighted by Crippen LogP contribution is -2.06. The van der Waals surface area contributed by atoms with Crippen LogP contribution in [0.2, 0.25) is 0 Å². The molecule has 1 aromatic carbocycles. The van der Waals surface area contributed by atoms with E-state index < -0.39 is 0 Å². The molecule has 2 nitrogen and oxygen atoms in total. The molecule has 0 fully saturated rings. The van der Waals surface area contributed by atoms with Gasteiger partial charge in [-0.15, -0.1) is 11.8 Å². The number of nitrogens with zero attached hydrogens (tertiary/aromatic N) is 1. The average Bonchev–Trinajstić information content (AvgIpc) is 2.02. The van der Waals surface area contributed by atoms with Gasteiger partial charge in [0.1, 0.15) is 6.54 Å². The molecule has 0 aliphatic carbocycles. The Labute approximate surface area is 89.1 Å². The molecule has 0 radical (unpaired) electrons. The van der Waals surface area contributed by atoms with E-state index in [0.29, 0.717) is 0 Å². The Bertz CT molecular complexity index is 317. The summed E-state index contributed by atoms with van der Waals surface area (Å²) in [6.07, 6.45) is 0. The summed E-state index contributed by atoms with van der Waals surface area (Å²) in [5.74, 6) is 0. The molecule has 76 valence electrons. The van der Waals surface area contributed by atoms with E-state index in [1.54, 1.807) is 11.8 Å². The molecule has 0 bridgehead atoms. The molecule has 0 saturated heterocycles. The van der Waals surface area contributed by atoms with Crippen LogP contribution in [0.4, 0.5) is 0 Å². The Morgan fingerprint density at radius 3 is 2.64 bits per heavy atom. The highest BCUT2D eigenvalue weighted by atomic mass is 32.2. The van der Waals surface area contributed by atoms with Gasteiger partial charge in [0.05, 0.1) is 0 Å². The third-order valence-electron chi connectivity index (χ3n) is 1.57. The van der Waals surface area contributed by atoms with Crippen LogP contribution in [0.15, 0.2) is 34.3 Å². The van der Waals surface area contributed by atoms with Gasteiger partial charge in [0.15, 0.2) is 0 Å². The minimum absolute atomic E-state index is 0.202. The molecule has 0 amide bonds. The second kappa shape index (κ2) is 4.60. The van der Waals surface area contributed by atoms with Crippen molar-refractivity contribution in [1.29, 1.82) is 0 Å². The van der Waals surface area contributed by atoms with Crippen LogP contribution in [0.5, 0.6) is 0 Å². The summed E-state index contributed by atoms with van der Waals surface area (Å²) in [4.78, 5) is 11.3. The number of hydrogen-bond acceptors (Lipinski definition) is 3. The summed E-state index contributed by atoms with van der Waals surface area (Å²) < 4.78 is 0.202. The molecule has 0 atom stereocenters. The largest absolute Gasteiger partial charge is 0.150 e. The fourth-order valence-corrected chi connectivity index (χ4v) is 2.20. The summed E-state index contributed by atoms with van der Waals surface area (Å²) >= 11 is 1.80. The summed E-state index contributed by atoms with van der Waals surface area (Å²) in [5, 5.41) is 2.88. The average molecular weight is 209 g/mol. The fraction of sp³-hybridized carbons (Fsp3) is 0.455. The van der Waals surface area contributed by atoms with Crippen LogP contribution in [0.3, 0.4) is 0 Å². The first-order valence-corrected chi connectivity index (χ1v) is 5.40. The molecule has 3 heteroatoms. The lowest BCUT2D eigenvalue weighted by molar-refractivity contribution is 0.802. The van der Waals surface area contributed by atoms with Crippen molar-refractivity contribution in [2.24, 2.45) is 5.18 Å². The van der Waals surface area contributed by atoms with Gasteiger partial charge in [0.25, 0.3) is 0 Å². The van der Waals surface area contributed by atoms with Crippen LogP contribution in [0.1, 0.15) is 26.3 Å². The lowest BCUT2D eigenvalue weighted by Gasteiger charge is -2.17. The van der Waals surface area contributed by atoms with Gasteiger partial charge in [-0.2, -0.15) is 4.91 Å². The van der Waals surface area contributed by atoms with Crippen molar-refractivity contribution in [3.63, 3.8) is 0 Å². The molecular weight excluding hydrogens is 194 g/mol. The maximum absolute atomic E-state index is 10.1.